The maximum Gasteiger partial charge on any atom is 0.253 e. The lowest BCUT2D eigenvalue weighted by Crippen LogP contribution is -2.34. The molecular weight excluding hydrogens is 256 g/mol. The van der Waals surface area contributed by atoms with E-state index in [0.717, 1.165) is 17.7 Å². The summed E-state index contributed by atoms with van der Waals surface area (Å²) in [5, 5.41) is 2.79. The van der Waals surface area contributed by atoms with Gasteiger partial charge in [0.25, 0.3) is 11.8 Å². The quantitative estimate of drug-likeness (QED) is 0.547. The van der Waals surface area contributed by atoms with Gasteiger partial charge in [-0.05, 0) is 6.42 Å². The second-order valence-electron chi connectivity index (χ2n) is 4.32. The van der Waals surface area contributed by atoms with E-state index in [-0.39, 0.29) is 30.7 Å². The molecule has 0 saturated heterocycles. The van der Waals surface area contributed by atoms with Crippen molar-refractivity contribution in [2.24, 2.45) is 0 Å². The zero-order valence-electron chi connectivity index (χ0n) is 12.8. The molecule has 5 nitrogen and oxygen atoms in total. The van der Waals surface area contributed by atoms with Crippen LogP contribution in [-0.2, 0) is 14.4 Å². The van der Waals surface area contributed by atoms with E-state index in [1.54, 1.807) is 0 Å². The Morgan fingerprint density at radius 2 is 1.70 bits per heavy atom. The molecule has 1 heterocycles. The Morgan fingerprint density at radius 3 is 2.25 bits per heavy atom. The molecule has 0 saturated carbocycles. The second-order valence-corrected chi connectivity index (χ2v) is 4.32. The number of rotatable bonds is 8. The first-order valence-corrected chi connectivity index (χ1v) is 7.45. The van der Waals surface area contributed by atoms with E-state index in [2.05, 4.69) is 12.2 Å². The van der Waals surface area contributed by atoms with Crippen LogP contribution in [0.1, 0.15) is 52.9 Å². The van der Waals surface area contributed by atoms with Gasteiger partial charge in [-0.1, -0.05) is 40.0 Å². The van der Waals surface area contributed by atoms with Crippen LogP contribution in [0.3, 0.4) is 0 Å². The highest BCUT2D eigenvalue weighted by Crippen LogP contribution is 2.04. The predicted octanol–water partition coefficient (Wildman–Crippen LogP) is 2.02. The molecule has 114 valence electrons. The van der Waals surface area contributed by atoms with Gasteiger partial charge < -0.3 is 5.32 Å². The van der Waals surface area contributed by atoms with Gasteiger partial charge in [-0.2, -0.15) is 0 Å². The van der Waals surface area contributed by atoms with Crippen molar-refractivity contribution >= 4 is 17.7 Å². The topological polar surface area (TPSA) is 66.5 Å². The minimum Gasteiger partial charge on any atom is -0.356 e. The SMILES string of the molecule is CC.CCCCCCNC(=O)CCN1C(=O)C=CC1=O. The van der Waals surface area contributed by atoms with Crippen LogP contribution in [0, 0.1) is 0 Å². The van der Waals surface area contributed by atoms with Crippen LogP contribution in [0.4, 0.5) is 0 Å². The van der Waals surface area contributed by atoms with Gasteiger partial charge in [0.1, 0.15) is 0 Å². The smallest absolute Gasteiger partial charge is 0.253 e. The molecule has 0 aromatic rings. The molecular formula is C15H26N2O3. The Balaban J connectivity index is 0.00000172. The van der Waals surface area contributed by atoms with E-state index < -0.39 is 0 Å². The molecule has 20 heavy (non-hydrogen) atoms. The van der Waals surface area contributed by atoms with E-state index in [0.29, 0.717) is 6.54 Å². The Labute approximate surface area is 121 Å². The molecule has 1 rings (SSSR count). The molecule has 1 aliphatic heterocycles. The third-order valence-electron chi connectivity index (χ3n) is 2.82. The molecule has 0 atom stereocenters. The van der Waals surface area contributed by atoms with E-state index in [9.17, 15) is 14.4 Å². The highest BCUT2D eigenvalue weighted by Gasteiger charge is 2.23. The lowest BCUT2D eigenvalue weighted by atomic mass is 10.2. The average Bonchev–Trinajstić information content (AvgIpc) is 2.78. The van der Waals surface area contributed by atoms with Crippen molar-refractivity contribution in [2.75, 3.05) is 13.1 Å². The van der Waals surface area contributed by atoms with Gasteiger partial charge in [-0.15, -0.1) is 0 Å². The minimum atomic E-state index is -0.337. The average molecular weight is 282 g/mol. The van der Waals surface area contributed by atoms with E-state index in [4.69, 9.17) is 0 Å². The van der Waals surface area contributed by atoms with Gasteiger partial charge in [0.2, 0.25) is 5.91 Å². The molecule has 0 unspecified atom stereocenters. The van der Waals surface area contributed by atoms with Gasteiger partial charge in [0.05, 0.1) is 0 Å². The number of amides is 3. The van der Waals surface area contributed by atoms with Crippen LogP contribution >= 0.6 is 0 Å². The van der Waals surface area contributed by atoms with Crippen LogP contribution in [0.5, 0.6) is 0 Å². The number of carbonyl (C=O) groups excluding carboxylic acids is 3. The first-order chi connectivity index (χ1) is 9.65. The summed E-state index contributed by atoms with van der Waals surface area (Å²) < 4.78 is 0. The molecule has 3 amide bonds. The van der Waals surface area contributed by atoms with Crippen LogP contribution < -0.4 is 5.32 Å². The van der Waals surface area contributed by atoms with Crippen molar-refractivity contribution in [3.8, 4) is 0 Å². The zero-order valence-corrected chi connectivity index (χ0v) is 12.8. The standard InChI is InChI=1S/C13H20N2O3.C2H6/c1-2-3-4-5-9-14-11(16)8-10-15-12(17)6-7-13(15)18;1-2/h6-7H,2-5,8-10H2,1H3,(H,14,16);1-2H3. The fourth-order valence-corrected chi connectivity index (χ4v) is 1.73. The maximum atomic E-state index is 11.5. The van der Waals surface area contributed by atoms with Crippen molar-refractivity contribution in [1.82, 2.24) is 10.2 Å². The Morgan fingerprint density at radius 1 is 1.10 bits per heavy atom. The number of imide groups is 1. The van der Waals surface area contributed by atoms with E-state index >= 15 is 0 Å². The number of carbonyl (C=O) groups is 3. The number of nitrogens with zero attached hydrogens (tertiary/aromatic N) is 1. The predicted molar refractivity (Wildman–Crippen MR) is 79.0 cm³/mol. The summed E-state index contributed by atoms with van der Waals surface area (Å²) in [4.78, 5) is 35.0. The monoisotopic (exact) mass is 282 g/mol. The van der Waals surface area contributed by atoms with Crippen molar-refractivity contribution in [2.45, 2.75) is 52.9 Å². The van der Waals surface area contributed by atoms with Gasteiger partial charge >= 0.3 is 0 Å². The summed E-state index contributed by atoms with van der Waals surface area (Å²) >= 11 is 0. The number of unbranched alkanes of at least 4 members (excludes halogenated alkanes) is 3. The normalized spacial score (nSPS) is 13.2. The van der Waals surface area contributed by atoms with E-state index in [1.807, 2.05) is 13.8 Å². The number of hydrogen-bond donors (Lipinski definition) is 1. The largest absolute Gasteiger partial charge is 0.356 e. The number of hydrogen-bond acceptors (Lipinski definition) is 3. The van der Waals surface area contributed by atoms with Gasteiger partial charge in [-0.25, -0.2) is 0 Å². The van der Waals surface area contributed by atoms with Crippen LogP contribution in [0.2, 0.25) is 0 Å². The molecule has 0 fully saturated rings. The van der Waals surface area contributed by atoms with Crippen LogP contribution in [-0.4, -0.2) is 35.7 Å². The maximum absolute atomic E-state index is 11.5. The molecule has 0 spiro atoms. The molecule has 0 radical (unpaired) electrons. The first-order valence-electron chi connectivity index (χ1n) is 7.45. The Hall–Kier alpha value is -1.65. The first kappa shape index (κ1) is 18.4. The highest BCUT2D eigenvalue weighted by molar-refractivity contribution is 6.13. The summed E-state index contributed by atoms with van der Waals surface area (Å²) in [5.41, 5.74) is 0. The van der Waals surface area contributed by atoms with Crippen molar-refractivity contribution in [3.63, 3.8) is 0 Å². The lowest BCUT2D eigenvalue weighted by molar-refractivity contribution is -0.137. The fraction of sp³-hybridized carbons (Fsp3) is 0.667. The second kappa shape index (κ2) is 11.2. The summed E-state index contributed by atoms with van der Waals surface area (Å²) in [5.74, 6) is -0.787. The Kier molecular flexibility index (Phi) is 10.3. The molecule has 1 aliphatic rings. The third kappa shape index (κ3) is 7.07. The van der Waals surface area contributed by atoms with Gasteiger partial charge in [0, 0.05) is 31.7 Å². The van der Waals surface area contributed by atoms with E-state index in [1.165, 1.54) is 25.0 Å². The summed E-state index contributed by atoms with van der Waals surface area (Å²) in [6.07, 6.45) is 7.06. The molecule has 0 bridgehead atoms. The molecule has 1 N–H and O–H groups in total. The van der Waals surface area contributed by atoms with Gasteiger partial charge in [0.15, 0.2) is 0 Å². The number of nitrogens with one attached hydrogen (secondary N) is 1. The minimum absolute atomic E-state index is 0.112. The highest BCUT2D eigenvalue weighted by atomic mass is 16.2. The fourth-order valence-electron chi connectivity index (χ4n) is 1.73. The lowest BCUT2D eigenvalue weighted by Gasteiger charge is -2.13. The molecule has 0 aromatic carbocycles. The summed E-state index contributed by atoms with van der Waals surface area (Å²) in [6, 6.07) is 0. The Bertz CT molecular complexity index is 333. The summed E-state index contributed by atoms with van der Waals surface area (Å²) in [7, 11) is 0. The zero-order chi connectivity index (χ0) is 15.4. The van der Waals surface area contributed by atoms with Crippen molar-refractivity contribution in [1.29, 1.82) is 0 Å². The molecule has 0 aliphatic carbocycles. The van der Waals surface area contributed by atoms with Crippen molar-refractivity contribution in [3.05, 3.63) is 12.2 Å². The van der Waals surface area contributed by atoms with Gasteiger partial charge in [-0.3, -0.25) is 19.3 Å². The van der Waals surface area contributed by atoms with Crippen molar-refractivity contribution < 1.29 is 14.4 Å². The van der Waals surface area contributed by atoms with Crippen LogP contribution in [0.15, 0.2) is 12.2 Å². The molecule has 0 aromatic heterocycles. The molecule has 5 heteroatoms. The third-order valence-corrected chi connectivity index (χ3v) is 2.82. The summed E-state index contributed by atoms with van der Waals surface area (Å²) in [6.45, 7) is 6.96. The van der Waals surface area contributed by atoms with Crippen LogP contribution in [0.25, 0.3) is 0 Å².